The average molecular weight is 231 g/mol. The van der Waals surface area contributed by atoms with Gasteiger partial charge in [-0.15, -0.1) is 0 Å². The summed E-state index contributed by atoms with van der Waals surface area (Å²) in [6, 6.07) is 3.80. The van der Waals surface area contributed by atoms with Gasteiger partial charge in [-0.25, -0.2) is 0 Å². The molecule has 0 amide bonds. The van der Waals surface area contributed by atoms with Crippen LogP contribution in [0.1, 0.15) is 11.5 Å². The van der Waals surface area contributed by atoms with Gasteiger partial charge in [0.15, 0.2) is 0 Å². The molecule has 0 aliphatic rings. The van der Waals surface area contributed by atoms with Crippen LogP contribution < -0.4 is 0 Å². The number of rotatable bonds is 4. The van der Waals surface area contributed by atoms with E-state index in [-0.39, 0.29) is 0 Å². The lowest BCUT2D eigenvalue weighted by Gasteiger charge is -1.95. The zero-order valence-electron chi connectivity index (χ0n) is 6.97. The molecular formula is C9H11BrO2. The average Bonchev–Trinajstić information content (AvgIpc) is 2.52. The molecule has 0 aliphatic carbocycles. The van der Waals surface area contributed by atoms with Crippen molar-refractivity contribution in [1.29, 1.82) is 0 Å². The minimum Gasteiger partial charge on any atom is -0.459 e. The Kier molecular flexibility index (Phi) is 3.56. The van der Waals surface area contributed by atoms with Gasteiger partial charge in [0.05, 0.1) is 0 Å². The van der Waals surface area contributed by atoms with Gasteiger partial charge in [-0.05, 0) is 17.7 Å². The number of alkyl halides is 1. The van der Waals surface area contributed by atoms with E-state index in [1.807, 2.05) is 12.1 Å². The molecule has 0 fully saturated rings. The molecule has 1 aromatic heterocycles. The van der Waals surface area contributed by atoms with Gasteiger partial charge in [-0.3, -0.25) is 0 Å². The molecule has 1 heterocycles. The van der Waals surface area contributed by atoms with Crippen molar-refractivity contribution in [3.63, 3.8) is 0 Å². The topological polar surface area (TPSA) is 22.4 Å². The number of furan rings is 1. The van der Waals surface area contributed by atoms with Gasteiger partial charge in [0.2, 0.25) is 0 Å². The standard InChI is InChI=1S/C9H11BrO2/c1-7(5-10)9-4-3-8(12-9)6-11-2/h3-4H,1,5-6H2,2H3. The fraction of sp³-hybridized carbons (Fsp3) is 0.333. The molecule has 0 aliphatic heterocycles. The first-order valence-corrected chi connectivity index (χ1v) is 4.72. The Balaban J connectivity index is 2.70. The Bertz CT molecular complexity index is 265. The van der Waals surface area contributed by atoms with Gasteiger partial charge in [0.1, 0.15) is 18.1 Å². The fourth-order valence-electron chi connectivity index (χ4n) is 0.854. The first-order valence-electron chi connectivity index (χ1n) is 3.59. The summed E-state index contributed by atoms with van der Waals surface area (Å²) in [4.78, 5) is 0. The predicted octanol–water partition coefficient (Wildman–Crippen LogP) is 2.83. The quantitative estimate of drug-likeness (QED) is 0.743. The molecule has 0 saturated carbocycles. The van der Waals surface area contributed by atoms with Crippen molar-refractivity contribution in [2.45, 2.75) is 6.61 Å². The largest absolute Gasteiger partial charge is 0.459 e. The van der Waals surface area contributed by atoms with Crippen molar-refractivity contribution in [3.05, 3.63) is 30.2 Å². The summed E-state index contributed by atoms with van der Waals surface area (Å²) in [5.41, 5.74) is 0.942. The van der Waals surface area contributed by atoms with Gasteiger partial charge in [0, 0.05) is 12.4 Å². The number of hydrogen-bond donors (Lipinski definition) is 0. The van der Waals surface area contributed by atoms with Crippen LogP contribution in [0.3, 0.4) is 0 Å². The molecule has 0 N–H and O–H groups in total. The van der Waals surface area contributed by atoms with E-state index in [1.165, 1.54) is 0 Å². The summed E-state index contributed by atoms with van der Waals surface area (Å²) < 4.78 is 10.3. The minimum absolute atomic E-state index is 0.509. The van der Waals surface area contributed by atoms with Gasteiger partial charge in [-0.2, -0.15) is 0 Å². The highest BCUT2D eigenvalue weighted by Gasteiger charge is 2.03. The molecule has 0 saturated heterocycles. The van der Waals surface area contributed by atoms with Crippen LogP contribution in [0, 0.1) is 0 Å². The van der Waals surface area contributed by atoms with Gasteiger partial charge in [-0.1, -0.05) is 22.5 Å². The number of methoxy groups -OCH3 is 1. The van der Waals surface area contributed by atoms with Crippen LogP contribution in [0.15, 0.2) is 23.1 Å². The molecule has 0 bridgehead atoms. The van der Waals surface area contributed by atoms with E-state index >= 15 is 0 Å². The molecule has 0 spiro atoms. The van der Waals surface area contributed by atoms with Gasteiger partial charge < -0.3 is 9.15 Å². The van der Waals surface area contributed by atoms with Crippen LogP contribution in [-0.4, -0.2) is 12.4 Å². The molecule has 1 rings (SSSR count). The van der Waals surface area contributed by atoms with Crippen molar-refractivity contribution >= 4 is 21.5 Å². The molecule has 66 valence electrons. The maximum absolute atomic E-state index is 5.42. The number of halogens is 1. The number of hydrogen-bond acceptors (Lipinski definition) is 2. The van der Waals surface area contributed by atoms with Crippen LogP contribution in [-0.2, 0) is 11.3 Å². The molecule has 12 heavy (non-hydrogen) atoms. The fourth-order valence-corrected chi connectivity index (χ4v) is 1.13. The molecule has 0 aromatic carbocycles. The summed E-state index contributed by atoms with van der Waals surface area (Å²) in [5.74, 6) is 1.65. The highest BCUT2D eigenvalue weighted by atomic mass is 79.9. The Labute approximate surface area is 80.3 Å². The third-order valence-corrected chi connectivity index (χ3v) is 2.13. The lowest BCUT2D eigenvalue weighted by Crippen LogP contribution is -1.83. The SMILES string of the molecule is C=C(CBr)c1ccc(COC)o1. The van der Waals surface area contributed by atoms with E-state index in [2.05, 4.69) is 22.5 Å². The van der Waals surface area contributed by atoms with E-state index in [0.717, 1.165) is 22.4 Å². The first-order chi connectivity index (χ1) is 5.77. The summed E-state index contributed by atoms with van der Waals surface area (Å²) in [5, 5.41) is 0.729. The van der Waals surface area contributed by atoms with Gasteiger partial charge in [0.25, 0.3) is 0 Å². The maximum Gasteiger partial charge on any atom is 0.130 e. The Hall–Kier alpha value is -0.540. The van der Waals surface area contributed by atoms with Crippen molar-refractivity contribution in [2.75, 3.05) is 12.4 Å². The van der Waals surface area contributed by atoms with Crippen LogP contribution in [0.4, 0.5) is 0 Å². The molecule has 0 unspecified atom stereocenters. The summed E-state index contributed by atoms with van der Waals surface area (Å²) in [7, 11) is 1.64. The van der Waals surface area contributed by atoms with E-state index in [9.17, 15) is 0 Å². The van der Waals surface area contributed by atoms with E-state index in [1.54, 1.807) is 7.11 Å². The third kappa shape index (κ3) is 2.22. The Morgan fingerprint density at radius 2 is 2.42 bits per heavy atom. The molecule has 1 aromatic rings. The molecule has 2 nitrogen and oxygen atoms in total. The van der Waals surface area contributed by atoms with Crippen LogP contribution in [0.5, 0.6) is 0 Å². The second kappa shape index (κ2) is 4.48. The predicted molar refractivity (Wildman–Crippen MR) is 52.2 cm³/mol. The summed E-state index contributed by atoms with van der Waals surface area (Å²) in [6.45, 7) is 4.34. The third-order valence-electron chi connectivity index (χ3n) is 1.46. The van der Waals surface area contributed by atoms with Crippen molar-refractivity contribution in [2.24, 2.45) is 0 Å². The van der Waals surface area contributed by atoms with E-state index in [0.29, 0.717) is 6.61 Å². The molecule has 3 heteroatoms. The first kappa shape index (κ1) is 9.55. The van der Waals surface area contributed by atoms with E-state index < -0.39 is 0 Å². The Morgan fingerprint density at radius 1 is 1.67 bits per heavy atom. The second-order valence-electron chi connectivity index (χ2n) is 2.44. The highest BCUT2D eigenvalue weighted by molar-refractivity contribution is 9.09. The normalized spacial score (nSPS) is 10.2. The Morgan fingerprint density at radius 3 is 3.00 bits per heavy atom. The molecule has 0 radical (unpaired) electrons. The number of allylic oxidation sites excluding steroid dienone is 1. The maximum atomic E-state index is 5.42. The lowest BCUT2D eigenvalue weighted by atomic mass is 10.3. The zero-order chi connectivity index (χ0) is 8.97. The second-order valence-corrected chi connectivity index (χ2v) is 3.00. The monoisotopic (exact) mass is 230 g/mol. The van der Waals surface area contributed by atoms with Crippen molar-refractivity contribution in [3.8, 4) is 0 Å². The van der Waals surface area contributed by atoms with Gasteiger partial charge >= 0.3 is 0 Å². The molecule has 0 atom stereocenters. The smallest absolute Gasteiger partial charge is 0.130 e. The minimum atomic E-state index is 0.509. The van der Waals surface area contributed by atoms with Crippen LogP contribution in [0.2, 0.25) is 0 Å². The van der Waals surface area contributed by atoms with Crippen LogP contribution >= 0.6 is 15.9 Å². The van der Waals surface area contributed by atoms with Crippen molar-refractivity contribution in [1.82, 2.24) is 0 Å². The number of ether oxygens (including phenoxy) is 1. The van der Waals surface area contributed by atoms with Crippen molar-refractivity contribution < 1.29 is 9.15 Å². The lowest BCUT2D eigenvalue weighted by molar-refractivity contribution is 0.164. The van der Waals surface area contributed by atoms with Crippen LogP contribution in [0.25, 0.3) is 5.57 Å². The summed E-state index contributed by atoms with van der Waals surface area (Å²) in [6.07, 6.45) is 0. The van der Waals surface area contributed by atoms with E-state index in [4.69, 9.17) is 9.15 Å². The zero-order valence-corrected chi connectivity index (χ0v) is 8.56. The highest BCUT2D eigenvalue weighted by Crippen LogP contribution is 2.18. The molecular weight excluding hydrogens is 220 g/mol. The summed E-state index contributed by atoms with van der Waals surface area (Å²) >= 11 is 3.31.